The first-order chi connectivity index (χ1) is 7.17. The van der Waals surface area contributed by atoms with Crippen molar-refractivity contribution in [1.29, 1.82) is 0 Å². The molecule has 0 aliphatic heterocycles. The van der Waals surface area contributed by atoms with E-state index in [2.05, 4.69) is 5.32 Å². The van der Waals surface area contributed by atoms with Crippen molar-refractivity contribution in [1.82, 2.24) is 5.32 Å². The van der Waals surface area contributed by atoms with Crippen LogP contribution in [0.25, 0.3) is 0 Å². The lowest BCUT2D eigenvalue weighted by Gasteiger charge is -2.03. The monoisotopic (exact) mass is 224 g/mol. The molecule has 0 aliphatic rings. The third kappa shape index (κ3) is 3.11. The summed E-state index contributed by atoms with van der Waals surface area (Å²) in [5.74, 6) is -0.407. The van der Waals surface area contributed by atoms with Crippen LogP contribution in [0.5, 0.6) is 0 Å². The van der Waals surface area contributed by atoms with E-state index in [1.807, 2.05) is 0 Å². The maximum atomic E-state index is 11.5. The van der Waals surface area contributed by atoms with E-state index >= 15 is 0 Å². The van der Waals surface area contributed by atoms with Crippen molar-refractivity contribution in [2.24, 2.45) is 5.73 Å². The molecule has 0 aliphatic carbocycles. The lowest BCUT2D eigenvalue weighted by molar-refractivity contribution is -0.105. The van der Waals surface area contributed by atoms with Gasteiger partial charge in [0.1, 0.15) is 0 Å². The second-order valence-electron chi connectivity index (χ2n) is 2.70. The molecule has 0 aromatic heterocycles. The molecule has 1 aromatic rings. The van der Waals surface area contributed by atoms with Crippen molar-refractivity contribution < 1.29 is 9.59 Å². The SMILES string of the molecule is N/C=C(/C=O)NC(=O)c1ccc(Cl)cc1. The number of hydrogen-bond acceptors (Lipinski definition) is 3. The van der Waals surface area contributed by atoms with E-state index in [0.29, 0.717) is 16.9 Å². The number of allylic oxidation sites excluding steroid dienone is 1. The molecule has 0 saturated carbocycles. The summed E-state index contributed by atoms with van der Waals surface area (Å²) in [7, 11) is 0. The van der Waals surface area contributed by atoms with E-state index in [-0.39, 0.29) is 5.70 Å². The topological polar surface area (TPSA) is 72.2 Å². The van der Waals surface area contributed by atoms with Gasteiger partial charge in [-0.05, 0) is 24.3 Å². The molecule has 0 saturated heterocycles. The molecule has 3 N–H and O–H groups in total. The Kier molecular flexibility index (Phi) is 3.88. The molecule has 0 spiro atoms. The van der Waals surface area contributed by atoms with Crippen LogP contribution in [-0.4, -0.2) is 12.2 Å². The first-order valence-electron chi connectivity index (χ1n) is 4.11. The molecule has 5 heteroatoms. The molecule has 78 valence electrons. The minimum Gasteiger partial charge on any atom is -0.403 e. The lowest BCUT2D eigenvalue weighted by atomic mass is 10.2. The zero-order valence-electron chi connectivity index (χ0n) is 7.74. The van der Waals surface area contributed by atoms with Gasteiger partial charge in [0.05, 0.1) is 5.70 Å². The van der Waals surface area contributed by atoms with Crippen LogP contribution in [0.3, 0.4) is 0 Å². The van der Waals surface area contributed by atoms with Gasteiger partial charge < -0.3 is 11.1 Å². The Morgan fingerprint density at radius 1 is 1.33 bits per heavy atom. The van der Waals surface area contributed by atoms with E-state index in [1.165, 1.54) is 0 Å². The summed E-state index contributed by atoms with van der Waals surface area (Å²) in [4.78, 5) is 21.8. The molecule has 1 amide bonds. The van der Waals surface area contributed by atoms with Gasteiger partial charge in [0, 0.05) is 16.8 Å². The van der Waals surface area contributed by atoms with Crippen molar-refractivity contribution >= 4 is 23.8 Å². The van der Waals surface area contributed by atoms with E-state index in [4.69, 9.17) is 17.3 Å². The molecular weight excluding hydrogens is 216 g/mol. The van der Waals surface area contributed by atoms with Gasteiger partial charge in [-0.15, -0.1) is 0 Å². The highest BCUT2D eigenvalue weighted by Crippen LogP contribution is 2.09. The van der Waals surface area contributed by atoms with Crippen LogP contribution in [0, 0.1) is 0 Å². The number of carbonyl (C=O) groups is 2. The fraction of sp³-hybridized carbons (Fsp3) is 0. The summed E-state index contributed by atoms with van der Waals surface area (Å²) < 4.78 is 0. The van der Waals surface area contributed by atoms with Crippen LogP contribution in [0.1, 0.15) is 10.4 Å². The van der Waals surface area contributed by atoms with Crippen molar-refractivity contribution in [2.75, 3.05) is 0 Å². The predicted molar refractivity (Wildman–Crippen MR) is 57.3 cm³/mol. The largest absolute Gasteiger partial charge is 0.403 e. The molecule has 4 nitrogen and oxygen atoms in total. The zero-order valence-corrected chi connectivity index (χ0v) is 8.49. The number of amides is 1. The van der Waals surface area contributed by atoms with E-state index in [9.17, 15) is 9.59 Å². The van der Waals surface area contributed by atoms with Crippen LogP contribution in [0.2, 0.25) is 5.02 Å². The minimum absolute atomic E-state index is 0.0231. The van der Waals surface area contributed by atoms with Crippen molar-refractivity contribution in [3.63, 3.8) is 0 Å². The predicted octanol–water partition coefficient (Wildman–Crippen LogP) is 1.07. The molecule has 1 rings (SSSR count). The Balaban J connectivity index is 2.77. The molecule has 0 radical (unpaired) electrons. The molecule has 0 fully saturated rings. The summed E-state index contributed by atoms with van der Waals surface area (Å²) in [6.45, 7) is 0. The number of hydrogen-bond donors (Lipinski definition) is 2. The average molecular weight is 225 g/mol. The third-order valence-electron chi connectivity index (χ3n) is 1.67. The first-order valence-corrected chi connectivity index (χ1v) is 4.49. The summed E-state index contributed by atoms with van der Waals surface area (Å²) >= 11 is 5.66. The molecule has 1 aromatic carbocycles. The smallest absolute Gasteiger partial charge is 0.255 e. The minimum atomic E-state index is -0.407. The van der Waals surface area contributed by atoms with Crippen LogP contribution in [-0.2, 0) is 4.79 Å². The zero-order chi connectivity index (χ0) is 11.3. The van der Waals surface area contributed by atoms with Gasteiger partial charge in [0.15, 0.2) is 6.29 Å². The van der Waals surface area contributed by atoms with Gasteiger partial charge in [0.2, 0.25) is 0 Å². The maximum Gasteiger partial charge on any atom is 0.255 e. The molecule has 15 heavy (non-hydrogen) atoms. The summed E-state index contributed by atoms with van der Waals surface area (Å²) in [5.41, 5.74) is 5.53. The molecule has 0 heterocycles. The van der Waals surface area contributed by atoms with Gasteiger partial charge in [-0.3, -0.25) is 9.59 Å². The number of aldehydes is 1. The second-order valence-corrected chi connectivity index (χ2v) is 3.14. The van der Waals surface area contributed by atoms with E-state index < -0.39 is 5.91 Å². The van der Waals surface area contributed by atoms with Gasteiger partial charge in [-0.1, -0.05) is 11.6 Å². The Bertz CT molecular complexity index is 398. The highest BCUT2D eigenvalue weighted by molar-refractivity contribution is 6.30. The van der Waals surface area contributed by atoms with Gasteiger partial charge in [-0.2, -0.15) is 0 Å². The average Bonchev–Trinajstić information content (AvgIpc) is 2.26. The van der Waals surface area contributed by atoms with E-state index in [1.54, 1.807) is 24.3 Å². The molecular formula is C10H9ClN2O2. The molecule has 0 bridgehead atoms. The number of carbonyl (C=O) groups excluding carboxylic acids is 2. The Hall–Kier alpha value is -1.81. The number of nitrogens with one attached hydrogen (secondary N) is 1. The first kappa shape index (κ1) is 11.3. The second kappa shape index (κ2) is 5.17. The van der Waals surface area contributed by atoms with Crippen molar-refractivity contribution in [3.05, 3.63) is 46.7 Å². The molecule has 0 unspecified atom stereocenters. The standard InChI is InChI=1S/C10H9ClN2O2/c11-8-3-1-7(2-4-8)10(15)13-9(5-12)6-14/h1-6H,12H2,(H,13,15)/b9-5-. The van der Waals surface area contributed by atoms with Crippen molar-refractivity contribution in [3.8, 4) is 0 Å². The number of nitrogens with two attached hydrogens (primary N) is 1. The summed E-state index contributed by atoms with van der Waals surface area (Å²) in [5, 5.41) is 2.88. The highest BCUT2D eigenvalue weighted by Gasteiger charge is 2.06. The normalized spacial score (nSPS) is 10.9. The fourth-order valence-electron chi connectivity index (χ4n) is 0.915. The summed E-state index contributed by atoms with van der Waals surface area (Å²) in [6.07, 6.45) is 1.49. The third-order valence-corrected chi connectivity index (χ3v) is 1.92. The van der Waals surface area contributed by atoms with Gasteiger partial charge >= 0.3 is 0 Å². The van der Waals surface area contributed by atoms with Crippen LogP contribution in [0.15, 0.2) is 36.2 Å². The highest BCUT2D eigenvalue weighted by atomic mass is 35.5. The molecule has 0 atom stereocenters. The van der Waals surface area contributed by atoms with E-state index in [0.717, 1.165) is 6.20 Å². The number of rotatable bonds is 3. The number of benzene rings is 1. The summed E-state index contributed by atoms with van der Waals surface area (Å²) in [6, 6.07) is 6.28. The van der Waals surface area contributed by atoms with Gasteiger partial charge in [0.25, 0.3) is 5.91 Å². The fourth-order valence-corrected chi connectivity index (χ4v) is 1.04. The van der Waals surface area contributed by atoms with Gasteiger partial charge in [-0.25, -0.2) is 0 Å². The Labute approximate surface area is 91.7 Å². The number of halogens is 1. The van der Waals surface area contributed by atoms with Crippen LogP contribution < -0.4 is 11.1 Å². The van der Waals surface area contributed by atoms with Crippen LogP contribution in [0.4, 0.5) is 0 Å². The quantitative estimate of drug-likeness (QED) is 0.596. The Morgan fingerprint density at radius 3 is 2.40 bits per heavy atom. The van der Waals surface area contributed by atoms with Crippen LogP contribution >= 0.6 is 11.6 Å². The van der Waals surface area contributed by atoms with Crippen molar-refractivity contribution in [2.45, 2.75) is 0 Å². The lowest BCUT2D eigenvalue weighted by Crippen LogP contribution is -2.24. The maximum absolute atomic E-state index is 11.5. The Morgan fingerprint density at radius 2 is 1.93 bits per heavy atom.